The standard InChI is InChI=1S/C22H26N2O4/c1-2-13-27-21(25)14-23-11-12-24-22(26)28-15-20-18-9-5-3-7-16(18)17-8-4-6-10-19(17)20/h3-10,20,23H,2,11-15H2,1H3,(H,24,26). The molecule has 0 saturated heterocycles. The van der Waals surface area contributed by atoms with Crippen molar-refractivity contribution in [3.8, 4) is 11.1 Å². The third-order valence-corrected chi connectivity index (χ3v) is 4.65. The molecule has 28 heavy (non-hydrogen) atoms. The Hall–Kier alpha value is -2.86. The van der Waals surface area contributed by atoms with Crippen molar-refractivity contribution in [1.29, 1.82) is 0 Å². The first kappa shape index (κ1) is 19.9. The van der Waals surface area contributed by atoms with E-state index >= 15 is 0 Å². The molecule has 6 nitrogen and oxygen atoms in total. The lowest BCUT2D eigenvalue weighted by atomic mass is 9.98. The normalized spacial score (nSPS) is 12.2. The van der Waals surface area contributed by atoms with Crippen LogP contribution in [0.5, 0.6) is 0 Å². The molecule has 0 saturated carbocycles. The van der Waals surface area contributed by atoms with Gasteiger partial charge in [-0.15, -0.1) is 0 Å². The minimum absolute atomic E-state index is 0.0459. The van der Waals surface area contributed by atoms with Crippen LogP contribution < -0.4 is 10.6 Å². The molecule has 148 valence electrons. The van der Waals surface area contributed by atoms with Crippen LogP contribution in [0.25, 0.3) is 11.1 Å². The number of carbonyl (C=O) groups is 2. The fraction of sp³-hybridized carbons (Fsp3) is 0.364. The van der Waals surface area contributed by atoms with Gasteiger partial charge in [-0.1, -0.05) is 55.5 Å². The number of nitrogens with one attached hydrogen (secondary N) is 2. The Morgan fingerprint density at radius 2 is 1.57 bits per heavy atom. The second kappa shape index (κ2) is 9.90. The van der Waals surface area contributed by atoms with Crippen molar-refractivity contribution >= 4 is 12.1 Å². The smallest absolute Gasteiger partial charge is 0.407 e. The van der Waals surface area contributed by atoms with Gasteiger partial charge in [-0.3, -0.25) is 4.79 Å². The number of fused-ring (bicyclic) bond motifs is 3. The lowest BCUT2D eigenvalue weighted by Crippen LogP contribution is -2.35. The van der Waals surface area contributed by atoms with E-state index in [1.807, 2.05) is 31.2 Å². The van der Waals surface area contributed by atoms with Gasteiger partial charge < -0.3 is 20.1 Å². The van der Waals surface area contributed by atoms with Gasteiger partial charge in [-0.2, -0.15) is 0 Å². The van der Waals surface area contributed by atoms with E-state index in [0.29, 0.717) is 19.7 Å². The van der Waals surface area contributed by atoms with Crippen LogP contribution in [0.1, 0.15) is 30.4 Å². The van der Waals surface area contributed by atoms with Crippen molar-refractivity contribution < 1.29 is 19.1 Å². The maximum Gasteiger partial charge on any atom is 0.407 e. The molecule has 0 aromatic heterocycles. The number of hydrogen-bond acceptors (Lipinski definition) is 5. The van der Waals surface area contributed by atoms with Crippen molar-refractivity contribution in [3.05, 3.63) is 59.7 Å². The van der Waals surface area contributed by atoms with Crippen molar-refractivity contribution in [1.82, 2.24) is 10.6 Å². The van der Waals surface area contributed by atoms with E-state index < -0.39 is 6.09 Å². The van der Waals surface area contributed by atoms with Crippen LogP contribution in [-0.4, -0.2) is 44.9 Å². The number of esters is 1. The second-order valence-electron chi connectivity index (χ2n) is 6.65. The van der Waals surface area contributed by atoms with Crippen LogP contribution in [0.3, 0.4) is 0 Å². The average molecular weight is 382 g/mol. The lowest BCUT2D eigenvalue weighted by Gasteiger charge is -2.14. The Bertz CT molecular complexity index is 776. The highest BCUT2D eigenvalue weighted by Gasteiger charge is 2.28. The van der Waals surface area contributed by atoms with Crippen molar-refractivity contribution in [2.45, 2.75) is 19.3 Å². The zero-order valence-electron chi connectivity index (χ0n) is 16.1. The van der Waals surface area contributed by atoms with Gasteiger partial charge in [0.05, 0.1) is 13.2 Å². The average Bonchev–Trinajstić information content (AvgIpc) is 3.04. The minimum Gasteiger partial charge on any atom is -0.465 e. The molecule has 3 rings (SSSR count). The van der Waals surface area contributed by atoms with E-state index in [2.05, 4.69) is 34.9 Å². The first-order valence-corrected chi connectivity index (χ1v) is 9.66. The van der Waals surface area contributed by atoms with Gasteiger partial charge in [-0.05, 0) is 28.7 Å². The highest BCUT2D eigenvalue weighted by atomic mass is 16.5. The van der Waals surface area contributed by atoms with E-state index in [0.717, 1.165) is 6.42 Å². The second-order valence-corrected chi connectivity index (χ2v) is 6.65. The van der Waals surface area contributed by atoms with E-state index in [-0.39, 0.29) is 25.0 Å². The number of ether oxygens (including phenoxy) is 2. The quantitative estimate of drug-likeness (QED) is 0.515. The fourth-order valence-corrected chi connectivity index (χ4v) is 3.36. The zero-order chi connectivity index (χ0) is 19.8. The van der Waals surface area contributed by atoms with E-state index in [4.69, 9.17) is 9.47 Å². The maximum absolute atomic E-state index is 12.0. The van der Waals surface area contributed by atoms with Gasteiger partial charge in [0.2, 0.25) is 0 Å². The Kier molecular flexibility index (Phi) is 7.03. The SMILES string of the molecule is CCCOC(=O)CNCCNC(=O)OCC1c2ccccc2-c2ccccc21. The summed E-state index contributed by atoms with van der Waals surface area (Å²) >= 11 is 0. The van der Waals surface area contributed by atoms with E-state index in [1.165, 1.54) is 22.3 Å². The largest absolute Gasteiger partial charge is 0.465 e. The predicted molar refractivity (Wildman–Crippen MR) is 107 cm³/mol. The number of benzene rings is 2. The van der Waals surface area contributed by atoms with Crippen LogP contribution >= 0.6 is 0 Å². The molecule has 0 aliphatic heterocycles. The van der Waals surface area contributed by atoms with Crippen molar-refractivity contribution in [2.24, 2.45) is 0 Å². The van der Waals surface area contributed by atoms with E-state index in [1.54, 1.807) is 0 Å². The van der Waals surface area contributed by atoms with Gasteiger partial charge in [0.25, 0.3) is 0 Å². The molecule has 1 aliphatic carbocycles. The topological polar surface area (TPSA) is 76.7 Å². The Morgan fingerprint density at radius 3 is 2.21 bits per heavy atom. The molecule has 0 heterocycles. The summed E-state index contributed by atoms with van der Waals surface area (Å²) in [6.45, 7) is 3.63. The Balaban J connectivity index is 1.42. The van der Waals surface area contributed by atoms with Crippen LogP contribution in [-0.2, 0) is 14.3 Å². The molecule has 0 radical (unpaired) electrons. The maximum atomic E-state index is 12.0. The van der Waals surface area contributed by atoms with Gasteiger partial charge >= 0.3 is 12.1 Å². The number of alkyl carbamates (subject to hydrolysis) is 1. The molecule has 0 atom stereocenters. The highest BCUT2D eigenvalue weighted by molar-refractivity contribution is 5.79. The number of carbonyl (C=O) groups excluding carboxylic acids is 2. The first-order valence-electron chi connectivity index (χ1n) is 9.66. The van der Waals surface area contributed by atoms with Gasteiger partial charge in [0, 0.05) is 19.0 Å². The molecular formula is C22H26N2O4. The molecule has 2 aromatic rings. The van der Waals surface area contributed by atoms with Crippen molar-refractivity contribution in [3.63, 3.8) is 0 Å². The molecule has 0 bridgehead atoms. The van der Waals surface area contributed by atoms with Crippen LogP contribution in [0, 0.1) is 0 Å². The molecular weight excluding hydrogens is 356 g/mol. The summed E-state index contributed by atoms with van der Waals surface area (Å²) in [6.07, 6.45) is 0.340. The Labute approximate surface area is 165 Å². The number of rotatable bonds is 9. The van der Waals surface area contributed by atoms with Gasteiger partial charge in [-0.25, -0.2) is 4.79 Å². The summed E-state index contributed by atoms with van der Waals surface area (Å²) in [5, 5.41) is 5.62. The summed E-state index contributed by atoms with van der Waals surface area (Å²) < 4.78 is 10.4. The van der Waals surface area contributed by atoms with Crippen LogP contribution in [0.4, 0.5) is 4.79 Å². The van der Waals surface area contributed by atoms with Crippen LogP contribution in [0.2, 0.25) is 0 Å². The predicted octanol–water partition coefficient (Wildman–Crippen LogP) is 3.07. The summed E-state index contributed by atoms with van der Waals surface area (Å²) in [6, 6.07) is 16.4. The molecule has 1 aliphatic rings. The first-order chi connectivity index (χ1) is 13.7. The van der Waals surface area contributed by atoms with Gasteiger partial charge in [0.15, 0.2) is 0 Å². The lowest BCUT2D eigenvalue weighted by molar-refractivity contribution is -0.142. The third kappa shape index (κ3) is 4.89. The number of amides is 1. The summed E-state index contributed by atoms with van der Waals surface area (Å²) in [5.74, 6) is -0.243. The zero-order valence-corrected chi connectivity index (χ0v) is 16.1. The van der Waals surface area contributed by atoms with Crippen molar-refractivity contribution in [2.75, 3.05) is 32.8 Å². The number of hydrogen-bond donors (Lipinski definition) is 2. The molecule has 1 amide bonds. The van der Waals surface area contributed by atoms with Crippen LogP contribution in [0.15, 0.2) is 48.5 Å². The molecule has 0 fully saturated rings. The summed E-state index contributed by atoms with van der Waals surface area (Å²) in [7, 11) is 0. The Morgan fingerprint density at radius 1 is 0.929 bits per heavy atom. The summed E-state index contributed by atoms with van der Waals surface area (Å²) in [4.78, 5) is 23.4. The molecule has 0 unspecified atom stereocenters. The molecule has 2 aromatic carbocycles. The minimum atomic E-state index is -0.461. The summed E-state index contributed by atoms with van der Waals surface area (Å²) in [5.41, 5.74) is 4.77. The van der Waals surface area contributed by atoms with E-state index in [9.17, 15) is 9.59 Å². The van der Waals surface area contributed by atoms with Gasteiger partial charge in [0.1, 0.15) is 6.61 Å². The fourth-order valence-electron chi connectivity index (χ4n) is 3.36. The monoisotopic (exact) mass is 382 g/mol. The molecule has 2 N–H and O–H groups in total. The third-order valence-electron chi connectivity index (χ3n) is 4.65. The highest BCUT2D eigenvalue weighted by Crippen LogP contribution is 2.44. The molecule has 0 spiro atoms. The molecule has 6 heteroatoms.